The van der Waals surface area contributed by atoms with Gasteiger partial charge in [-0.1, -0.05) is 36.4 Å². The lowest BCUT2D eigenvalue weighted by molar-refractivity contribution is -0.153. The van der Waals surface area contributed by atoms with E-state index in [4.69, 9.17) is 10.2 Å². The monoisotopic (exact) mass is 653 g/mol. The van der Waals surface area contributed by atoms with E-state index >= 15 is 0 Å². The van der Waals surface area contributed by atoms with Crippen molar-refractivity contribution in [1.29, 1.82) is 0 Å². The van der Waals surface area contributed by atoms with Gasteiger partial charge in [0.05, 0.1) is 25.2 Å². The largest absolute Gasteiger partial charge is 0.455 e. The fraction of sp³-hybridized carbons (Fsp3) is 0.355. The summed E-state index contributed by atoms with van der Waals surface area (Å²) in [6.07, 6.45) is -9.53. The van der Waals surface area contributed by atoms with Crippen molar-refractivity contribution in [1.82, 2.24) is 14.0 Å². The van der Waals surface area contributed by atoms with Crippen LogP contribution in [0.15, 0.2) is 74.7 Å². The Morgan fingerprint density at radius 2 is 1.50 bits per heavy atom. The number of halogens is 7. The molecule has 15 heteroatoms. The minimum Gasteiger partial charge on any atom is -0.455 e. The minimum atomic E-state index is -4.91. The molecule has 2 aromatic heterocycles. The maximum Gasteiger partial charge on any atom is 0.449 e. The van der Waals surface area contributed by atoms with Crippen LogP contribution in [0.1, 0.15) is 39.9 Å². The molecule has 246 valence electrons. The standard InChI is InChI=1S/C31H30F7N5O3/c1-19-27(41-14-12-40(13-15-41)16-21-10-11-26(46-21)31(36,37)38)28(44)43(18-25(39)20-6-3-2-4-7-20)29(45)42(19)17-22-23(30(33,34)35)8-5-9-24(22)32/h2-11,25H,12-18,39H2,1H3/t25-/m1/s1. The van der Waals surface area contributed by atoms with E-state index in [1.54, 1.807) is 35.2 Å². The van der Waals surface area contributed by atoms with Gasteiger partial charge in [-0.25, -0.2) is 9.18 Å². The first-order valence-electron chi connectivity index (χ1n) is 14.3. The van der Waals surface area contributed by atoms with Gasteiger partial charge in [0, 0.05) is 43.5 Å². The molecule has 1 atom stereocenters. The lowest BCUT2D eigenvalue weighted by atomic mass is 10.1. The second kappa shape index (κ2) is 12.8. The van der Waals surface area contributed by atoms with E-state index in [2.05, 4.69) is 0 Å². The van der Waals surface area contributed by atoms with Crippen molar-refractivity contribution in [3.05, 3.63) is 121 Å². The van der Waals surface area contributed by atoms with Crippen LogP contribution < -0.4 is 21.9 Å². The highest BCUT2D eigenvalue weighted by molar-refractivity contribution is 5.50. The van der Waals surface area contributed by atoms with Crippen LogP contribution in [-0.4, -0.2) is 40.2 Å². The maximum absolute atomic E-state index is 14.9. The fourth-order valence-electron chi connectivity index (χ4n) is 5.61. The van der Waals surface area contributed by atoms with E-state index in [0.29, 0.717) is 5.56 Å². The van der Waals surface area contributed by atoms with Crippen molar-refractivity contribution in [3.63, 3.8) is 0 Å². The van der Waals surface area contributed by atoms with Crippen molar-refractivity contribution in [3.8, 4) is 0 Å². The van der Waals surface area contributed by atoms with E-state index < -0.39 is 58.9 Å². The van der Waals surface area contributed by atoms with Gasteiger partial charge in [-0.15, -0.1) is 0 Å². The van der Waals surface area contributed by atoms with Crippen molar-refractivity contribution < 1.29 is 35.2 Å². The summed E-state index contributed by atoms with van der Waals surface area (Å²) in [5.74, 6) is -2.17. The highest BCUT2D eigenvalue weighted by Gasteiger charge is 2.36. The summed E-state index contributed by atoms with van der Waals surface area (Å²) < 4.78 is 102. The molecule has 1 aliphatic rings. The molecule has 1 saturated heterocycles. The summed E-state index contributed by atoms with van der Waals surface area (Å²) >= 11 is 0. The van der Waals surface area contributed by atoms with Gasteiger partial charge in [-0.3, -0.25) is 18.8 Å². The number of nitrogens with two attached hydrogens (primary N) is 1. The van der Waals surface area contributed by atoms with Gasteiger partial charge in [0.25, 0.3) is 5.56 Å². The lowest BCUT2D eigenvalue weighted by Crippen LogP contribution is -2.51. The van der Waals surface area contributed by atoms with Crippen LogP contribution in [0.25, 0.3) is 0 Å². The van der Waals surface area contributed by atoms with Gasteiger partial charge in [-0.2, -0.15) is 26.3 Å². The number of piperazine rings is 1. The summed E-state index contributed by atoms with van der Waals surface area (Å²) in [6.45, 7) is 1.33. The Balaban J connectivity index is 1.50. The number of rotatable bonds is 8. The fourth-order valence-corrected chi connectivity index (χ4v) is 5.61. The third-order valence-electron chi connectivity index (χ3n) is 8.01. The second-order valence-corrected chi connectivity index (χ2v) is 11.0. The first-order chi connectivity index (χ1) is 21.6. The van der Waals surface area contributed by atoms with Crippen molar-refractivity contribution in [2.45, 2.75) is 45.0 Å². The number of nitrogens with zero attached hydrogens (tertiary/aromatic N) is 4. The summed E-state index contributed by atoms with van der Waals surface area (Å²) in [4.78, 5) is 31.1. The van der Waals surface area contributed by atoms with Crippen LogP contribution in [0.2, 0.25) is 0 Å². The van der Waals surface area contributed by atoms with Gasteiger partial charge in [0.1, 0.15) is 17.3 Å². The lowest BCUT2D eigenvalue weighted by Gasteiger charge is -2.36. The molecule has 3 heterocycles. The van der Waals surface area contributed by atoms with E-state index in [9.17, 15) is 40.3 Å². The topological polar surface area (TPSA) is 89.6 Å². The number of furan rings is 1. The molecule has 4 aromatic rings. The van der Waals surface area contributed by atoms with Gasteiger partial charge < -0.3 is 15.1 Å². The summed E-state index contributed by atoms with van der Waals surface area (Å²) in [6, 6.07) is 12.4. The molecule has 0 saturated carbocycles. The number of hydrogen-bond acceptors (Lipinski definition) is 6. The van der Waals surface area contributed by atoms with E-state index in [0.717, 1.165) is 33.4 Å². The predicted molar refractivity (Wildman–Crippen MR) is 155 cm³/mol. The van der Waals surface area contributed by atoms with Gasteiger partial charge in [0.2, 0.25) is 5.76 Å². The normalized spacial score (nSPS) is 15.4. The maximum atomic E-state index is 14.9. The van der Waals surface area contributed by atoms with Crippen LogP contribution in [0.4, 0.5) is 36.4 Å². The second-order valence-electron chi connectivity index (χ2n) is 11.0. The Morgan fingerprint density at radius 1 is 0.826 bits per heavy atom. The zero-order chi connectivity index (χ0) is 33.4. The molecule has 1 fully saturated rings. The van der Waals surface area contributed by atoms with Gasteiger partial charge in [-0.05, 0) is 36.8 Å². The Morgan fingerprint density at radius 3 is 2.11 bits per heavy atom. The van der Waals surface area contributed by atoms with Crippen molar-refractivity contribution in [2.75, 3.05) is 31.1 Å². The van der Waals surface area contributed by atoms with Crippen LogP contribution in [0, 0.1) is 12.7 Å². The van der Waals surface area contributed by atoms with Crippen LogP contribution in [0.3, 0.4) is 0 Å². The molecule has 1 aliphatic heterocycles. The molecule has 5 rings (SSSR count). The third kappa shape index (κ3) is 6.89. The summed E-state index contributed by atoms with van der Waals surface area (Å²) in [7, 11) is 0. The molecule has 0 spiro atoms. The molecule has 0 unspecified atom stereocenters. The zero-order valence-corrected chi connectivity index (χ0v) is 24.5. The molecule has 2 aromatic carbocycles. The molecule has 0 bridgehead atoms. The molecule has 2 N–H and O–H groups in total. The average molecular weight is 654 g/mol. The van der Waals surface area contributed by atoms with E-state index in [-0.39, 0.29) is 56.4 Å². The summed E-state index contributed by atoms with van der Waals surface area (Å²) in [5.41, 5.74) is 3.33. The molecule has 0 amide bonds. The van der Waals surface area contributed by atoms with Crippen LogP contribution in [0.5, 0.6) is 0 Å². The highest BCUT2D eigenvalue weighted by atomic mass is 19.4. The molecule has 46 heavy (non-hydrogen) atoms. The predicted octanol–water partition coefficient (Wildman–Crippen LogP) is 5.16. The first-order valence-corrected chi connectivity index (χ1v) is 14.3. The number of benzene rings is 2. The van der Waals surface area contributed by atoms with E-state index in [1.165, 1.54) is 13.0 Å². The highest BCUT2D eigenvalue weighted by Crippen LogP contribution is 2.34. The number of hydrogen-bond donors (Lipinski definition) is 1. The van der Waals surface area contributed by atoms with Crippen LogP contribution in [-0.2, 0) is 32.0 Å². The molecular formula is C31H30F7N5O3. The zero-order valence-electron chi connectivity index (χ0n) is 24.5. The molecule has 0 radical (unpaired) electrons. The first kappa shape index (κ1) is 33.0. The quantitative estimate of drug-likeness (QED) is 0.265. The molecule has 0 aliphatic carbocycles. The number of alkyl halides is 6. The Kier molecular flexibility index (Phi) is 9.18. The minimum absolute atomic E-state index is 0.0294. The van der Waals surface area contributed by atoms with Gasteiger partial charge >= 0.3 is 18.0 Å². The van der Waals surface area contributed by atoms with Gasteiger partial charge in [0.15, 0.2) is 0 Å². The molecular weight excluding hydrogens is 623 g/mol. The SMILES string of the molecule is Cc1c(N2CCN(Cc3ccc(C(F)(F)F)o3)CC2)c(=O)n(C[C@@H](N)c2ccccc2)c(=O)n1Cc1c(F)cccc1C(F)(F)F. The van der Waals surface area contributed by atoms with Crippen molar-refractivity contribution in [2.24, 2.45) is 5.73 Å². The van der Waals surface area contributed by atoms with Crippen LogP contribution >= 0.6 is 0 Å². The number of aromatic nitrogens is 2. The Labute approximate surface area is 258 Å². The van der Waals surface area contributed by atoms with E-state index in [1.807, 2.05) is 4.90 Å². The molecule has 8 nitrogen and oxygen atoms in total. The third-order valence-corrected chi connectivity index (χ3v) is 8.01. The Bertz CT molecular complexity index is 1800. The number of anilines is 1. The smallest absolute Gasteiger partial charge is 0.449 e. The Hall–Kier alpha value is -4.37. The van der Waals surface area contributed by atoms with Crippen molar-refractivity contribution >= 4 is 5.69 Å². The average Bonchev–Trinajstić information content (AvgIpc) is 3.48. The summed E-state index contributed by atoms with van der Waals surface area (Å²) in [5, 5.41) is 0.